The predicted molar refractivity (Wildman–Crippen MR) is 69.1 cm³/mol. The molecule has 0 aliphatic carbocycles. The van der Waals surface area contributed by atoms with E-state index < -0.39 is 34.9 Å². The summed E-state index contributed by atoms with van der Waals surface area (Å²) in [6.45, 7) is 0. The zero-order chi connectivity index (χ0) is 14.9. The van der Waals surface area contributed by atoms with Gasteiger partial charge >= 0.3 is 0 Å². The number of rotatable bonds is 3. The summed E-state index contributed by atoms with van der Waals surface area (Å²) in [7, 11) is 0. The standard InChI is InChI=1S/C14H9BrF4O/c15-8-5-11(18)14(12(19)6-8)13(20)4-7-1-2-9(16)10(17)3-7/h1-3,5-6,13,20H,4H2. The first-order valence-electron chi connectivity index (χ1n) is 5.65. The Morgan fingerprint density at radius 1 is 0.900 bits per heavy atom. The van der Waals surface area contributed by atoms with Crippen molar-refractivity contribution in [2.75, 3.05) is 0 Å². The number of hydrogen-bond acceptors (Lipinski definition) is 1. The van der Waals surface area contributed by atoms with Crippen LogP contribution in [0.15, 0.2) is 34.8 Å². The minimum absolute atomic E-state index is 0.205. The van der Waals surface area contributed by atoms with Gasteiger partial charge < -0.3 is 5.11 Å². The molecule has 2 aromatic rings. The molecule has 1 N–H and O–H groups in total. The molecule has 0 aromatic heterocycles. The number of hydrogen-bond donors (Lipinski definition) is 1. The van der Waals surface area contributed by atoms with Crippen LogP contribution < -0.4 is 0 Å². The van der Waals surface area contributed by atoms with E-state index in [1.54, 1.807) is 0 Å². The van der Waals surface area contributed by atoms with E-state index in [1.165, 1.54) is 6.07 Å². The summed E-state index contributed by atoms with van der Waals surface area (Å²) in [5.41, 5.74) is -0.268. The van der Waals surface area contributed by atoms with E-state index >= 15 is 0 Å². The molecule has 1 atom stereocenters. The molecular formula is C14H9BrF4O. The van der Waals surface area contributed by atoms with E-state index in [4.69, 9.17) is 0 Å². The molecule has 2 aromatic carbocycles. The van der Waals surface area contributed by atoms with Gasteiger partial charge in [0.25, 0.3) is 0 Å². The predicted octanol–water partition coefficient (Wildman–Crippen LogP) is 4.28. The summed E-state index contributed by atoms with van der Waals surface area (Å²) >= 11 is 2.93. The molecule has 0 radical (unpaired) electrons. The van der Waals surface area contributed by atoms with Crippen LogP contribution in [-0.4, -0.2) is 5.11 Å². The minimum Gasteiger partial charge on any atom is -0.388 e. The third-order valence-corrected chi connectivity index (χ3v) is 3.25. The summed E-state index contributed by atoms with van der Waals surface area (Å²) in [6.07, 6.45) is -1.72. The lowest BCUT2D eigenvalue weighted by Gasteiger charge is -2.13. The first-order chi connectivity index (χ1) is 9.38. The van der Waals surface area contributed by atoms with Gasteiger partial charge in [-0.25, -0.2) is 17.6 Å². The summed E-state index contributed by atoms with van der Waals surface area (Å²) in [5, 5.41) is 9.88. The fourth-order valence-corrected chi connectivity index (χ4v) is 2.27. The smallest absolute Gasteiger partial charge is 0.159 e. The van der Waals surface area contributed by atoms with Gasteiger partial charge in [-0.05, 0) is 29.8 Å². The molecule has 0 fully saturated rings. The van der Waals surface area contributed by atoms with Gasteiger partial charge in [0, 0.05) is 10.9 Å². The molecule has 1 unspecified atom stereocenters. The van der Waals surface area contributed by atoms with Crippen LogP contribution in [0.1, 0.15) is 17.2 Å². The first-order valence-corrected chi connectivity index (χ1v) is 6.44. The van der Waals surface area contributed by atoms with Crippen LogP contribution in [0.25, 0.3) is 0 Å². The lowest BCUT2D eigenvalue weighted by atomic mass is 10.0. The highest BCUT2D eigenvalue weighted by Gasteiger charge is 2.19. The topological polar surface area (TPSA) is 20.2 Å². The zero-order valence-corrected chi connectivity index (χ0v) is 11.6. The van der Waals surface area contributed by atoms with Gasteiger partial charge in [0.2, 0.25) is 0 Å². The second kappa shape index (κ2) is 5.93. The Balaban J connectivity index is 2.28. The second-order valence-corrected chi connectivity index (χ2v) is 5.17. The molecule has 0 bridgehead atoms. The highest BCUT2D eigenvalue weighted by molar-refractivity contribution is 9.10. The molecule has 20 heavy (non-hydrogen) atoms. The van der Waals surface area contributed by atoms with Crippen molar-refractivity contribution in [3.05, 3.63) is 69.2 Å². The fraction of sp³-hybridized carbons (Fsp3) is 0.143. The lowest BCUT2D eigenvalue weighted by Crippen LogP contribution is -2.08. The molecular weight excluding hydrogens is 340 g/mol. The largest absolute Gasteiger partial charge is 0.388 e. The van der Waals surface area contributed by atoms with Crippen LogP contribution in [0.4, 0.5) is 17.6 Å². The Kier molecular flexibility index (Phi) is 4.45. The quantitative estimate of drug-likeness (QED) is 0.820. The third kappa shape index (κ3) is 3.19. The molecule has 0 spiro atoms. The lowest BCUT2D eigenvalue weighted by molar-refractivity contribution is 0.168. The highest BCUT2D eigenvalue weighted by atomic mass is 79.9. The van der Waals surface area contributed by atoms with Crippen LogP contribution >= 0.6 is 15.9 Å². The van der Waals surface area contributed by atoms with Crippen molar-refractivity contribution in [3.8, 4) is 0 Å². The molecule has 0 amide bonds. The normalized spacial score (nSPS) is 12.5. The van der Waals surface area contributed by atoms with Gasteiger partial charge in [0.05, 0.1) is 11.7 Å². The van der Waals surface area contributed by atoms with Gasteiger partial charge in [-0.15, -0.1) is 0 Å². The maximum Gasteiger partial charge on any atom is 0.159 e. The molecule has 6 heteroatoms. The van der Waals surface area contributed by atoms with Crippen molar-refractivity contribution in [2.24, 2.45) is 0 Å². The Morgan fingerprint density at radius 2 is 1.50 bits per heavy atom. The molecule has 0 saturated carbocycles. The van der Waals surface area contributed by atoms with Gasteiger partial charge in [0.1, 0.15) is 11.6 Å². The minimum atomic E-state index is -1.49. The molecule has 0 aliphatic heterocycles. The van der Waals surface area contributed by atoms with E-state index in [9.17, 15) is 22.7 Å². The third-order valence-electron chi connectivity index (χ3n) is 2.79. The molecule has 2 rings (SSSR count). The maximum absolute atomic E-state index is 13.6. The molecule has 1 nitrogen and oxygen atoms in total. The van der Waals surface area contributed by atoms with E-state index in [0.29, 0.717) is 0 Å². The van der Waals surface area contributed by atoms with Gasteiger partial charge in [-0.3, -0.25) is 0 Å². The van der Waals surface area contributed by atoms with Crippen molar-refractivity contribution in [3.63, 3.8) is 0 Å². The number of halogens is 5. The van der Waals surface area contributed by atoms with Crippen molar-refractivity contribution in [1.29, 1.82) is 0 Å². The number of aliphatic hydroxyl groups is 1. The molecule has 106 valence electrons. The highest BCUT2D eigenvalue weighted by Crippen LogP contribution is 2.27. The van der Waals surface area contributed by atoms with Crippen LogP contribution in [0, 0.1) is 23.3 Å². The van der Waals surface area contributed by atoms with Gasteiger partial charge in [-0.2, -0.15) is 0 Å². The maximum atomic E-state index is 13.6. The fourth-order valence-electron chi connectivity index (χ4n) is 1.86. The number of aliphatic hydroxyl groups excluding tert-OH is 1. The second-order valence-electron chi connectivity index (χ2n) is 4.25. The Morgan fingerprint density at radius 3 is 2.05 bits per heavy atom. The Hall–Kier alpha value is -1.40. The van der Waals surface area contributed by atoms with E-state index in [-0.39, 0.29) is 16.5 Å². The van der Waals surface area contributed by atoms with Crippen LogP contribution in [0.2, 0.25) is 0 Å². The van der Waals surface area contributed by atoms with Crippen LogP contribution in [-0.2, 0) is 6.42 Å². The van der Waals surface area contributed by atoms with E-state index in [1.807, 2.05) is 0 Å². The van der Waals surface area contributed by atoms with E-state index in [2.05, 4.69) is 15.9 Å². The molecule has 0 aliphatic rings. The summed E-state index contributed by atoms with van der Waals surface area (Å²) in [4.78, 5) is 0. The van der Waals surface area contributed by atoms with Crippen LogP contribution in [0.5, 0.6) is 0 Å². The summed E-state index contributed by atoms with van der Waals surface area (Å²) in [5.74, 6) is -3.92. The van der Waals surface area contributed by atoms with E-state index in [0.717, 1.165) is 24.3 Å². The molecule has 0 saturated heterocycles. The van der Waals surface area contributed by atoms with Crippen molar-refractivity contribution in [1.82, 2.24) is 0 Å². The Bertz CT molecular complexity index is 622. The SMILES string of the molecule is OC(Cc1ccc(F)c(F)c1)c1c(F)cc(Br)cc1F. The van der Waals surface area contributed by atoms with Crippen molar-refractivity contribution in [2.45, 2.75) is 12.5 Å². The molecule has 0 heterocycles. The van der Waals surface area contributed by atoms with Crippen molar-refractivity contribution >= 4 is 15.9 Å². The Labute approximate surface area is 121 Å². The van der Waals surface area contributed by atoms with Crippen molar-refractivity contribution < 1.29 is 22.7 Å². The zero-order valence-electron chi connectivity index (χ0n) is 10.0. The van der Waals surface area contributed by atoms with Gasteiger partial charge in [-0.1, -0.05) is 22.0 Å². The summed E-state index contributed by atoms with van der Waals surface area (Å²) < 4.78 is 53.3. The average molecular weight is 349 g/mol. The summed E-state index contributed by atoms with van der Waals surface area (Å²) in [6, 6.07) is 5.06. The monoisotopic (exact) mass is 348 g/mol. The average Bonchev–Trinajstić information content (AvgIpc) is 2.32. The number of benzene rings is 2. The first kappa shape index (κ1) is 15.0. The van der Waals surface area contributed by atoms with Gasteiger partial charge in [0.15, 0.2) is 11.6 Å². The van der Waals surface area contributed by atoms with Crippen LogP contribution in [0.3, 0.4) is 0 Å².